The minimum Gasteiger partial charge on any atom is -0.530 e. The van der Waals surface area contributed by atoms with Crippen LogP contribution in [0.1, 0.15) is 39.5 Å². The van der Waals surface area contributed by atoms with E-state index in [-0.39, 0.29) is 29.6 Å². The summed E-state index contributed by atoms with van der Waals surface area (Å²) in [4.78, 5) is 11.9. The van der Waals surface area contributed by atoms with E-state index in [9.17, 15) is 9.90 Å². The first-order valence-corrected chi connectivity index (χ1v) is 4.68. The molecule has 0 N–H and O–H groups in total. The third kappa shape index (κ3) is 8.60. The van der Waals surface area contributed by atoms with Gasteiger partial charge in [-0.25, -0.2) is 0 Å². The second-order valence-corrected chi connectivity index (χ2v) is 2.96. The van der Waals surface area contributed by atoms with Crippen molar-refractivity contribution in [2.24, 2.45) is 0 Å². The van der Waals surface area contributed by atoms with Gasteiger partial charge in [-0.15, -0.1) is 0 Å². The van der Waals surface area contributed by atoms with E-state index in [1.165, 1.54) is 4.90 Å². The second-order valence-electron chi connectivity index (χ2n) is 2.96. The number of unbranched alkanes of at least 4 members (excludes halogenated alkanes) is 2. The van der Waals surface area contributed by atoms with Gasteiger partial charge < -0.3 is 14.8 Å². The maximum atomic E-state index is 10.5. The predicted octanol–water partition coefficient (Wildman–Crippen LogP) is -1.76. The zero-order chi connectivity index (χ0) is 9.40. The third-order valence-corrected chi connectivity index (χ3v) is 1.82. The first kappa shape index (κ1) is 15.7. The molecule has 0 aliphatic carbocycles. The number of hydrogen-bond acceptors (Lipinski definition) is 2. The first-order valence-electron chi connectivity index (χ1n) is 4.68. The fourth-order valence-corrected chi connectivity index (χ4v) is 0.992. The average Bonchev–Trinajstić information content (AvgIpc) is 2.04. The minimum absolute atomic E-state index is 0. The van der Waals surface area contributed by atoms with Gasteiger partial charge in [0, 0.05) is 13.1 Å². The third-order valence-electron chi connectivity index (χ3n) is 1.82. The second kappa shape index (κ2) is 10.4. The number of carbonyl (C=O) groups excluding carboxylic acids is 1. The summed E-state index contributed by atoms with van der Waals surface area (Å²) in [5.74, 6) is 0. The number of carboxylic acid groups (broad SMARTS) is 1. The largest absolute Gasteiger partial charge is 1.00 e. The van der Waals surface area contributed by atoms with Crippen molar-refractivity contribution in [3.05, 3.63) is 0 Å². The molecule has 0 fully saturated rings. The normalized spacial score (nSPS) is 9.08. The molecule has 0 aliphatic heterocycles. The molecular weight excluding hydrogens is 177 g/mol. The van der Waals surface area contributed by atoms with Crippen molar-refractivity contribution in [3.63, 3.8) is 0 Å². The van der Waals surface area contributed by atoms with E-state index < -0.39 is 6.09 Å². The van der Waals surface area contributed by atoms with E-state index in [1.54, 1.807) is 0 Å². The summed E-state index contributed by atoms with van der Waals surface area (Å²) in [6, 6.07) is 0. The Balaban J connectivity index is 0. The van der Waals surface area contributed by atoms with Crippen molar-refractivity contribution in [2.75, 3.05) is 13.1 Å². The topological polar surface area (TPSA) is 43.4 Å². The summed E-state index contributed by atoms with van der Waals surface area (Å²) in [6.07, 6.45) is 2.87. The van der Waals surface area contributed by atoms with E-state index in [0.29, 0.717) is 13.1 Å². The van der Waals surface area contributed by atoms with Crippen LogP contribution in [0.3, 0.4) is 0 Å². The first-order chi connectivity index (χ1) is 5.72. The molecule has 3 nitrogen and oxygen atoms in total. The molecule has 4 heteroatoms. The smallest absolute Gasteiger partial charge is 0.530 e. The summed E-state index contributed by atoms with van der Waals surface area (Å²) >= 11 is 0. The van der Waals surface area contributed by atoms with Crippen LogP contribution in [0.4, 0.5) is 4.79 Å². The fourth-order valence-electron chi connectivity index (χ4n) is 0.992. The number of rotatable bonds is 6. The molecule has 1 amide bonds. The van der Waals surface area contributed by atoms with Crippen LogP contribution in [0.5, 0.6) is 0 Å². The van der Waals surface area contributed by atoms with Crippen LogP contribution in [-0.2, 0) is 0 Å². The SMILES string of the molecule is CCCCN(CCCC)C(=O)[O-].[Na+]. The molecule has 0 aromatic carbocycles. The Hall–Kier alpha value is 0.270. The molecule has 0 rings (SSSR count). The van der Waals surface area contributed by atoms with Gasteiger partial charge >= 0.3 is 29.6 Å². The van der Waals surface area contributed by atoms with E-state index in [0.717, 1.165) is 25.7 Å². The molecule has 0 atom stereocenters. The zero-order valence-electron chi connectivity index (χ0n) is 9.01. The molecule has 0 unspecified atom stereocenters. The Morgan fingerprint density at radius 1 is 1.15 bits per heavy atom. The molecule has 72 valence electrons. The van der Waals surface area contributed by atoms with Crippen LogP contribution < -0.4 is 34.7 Å². The Kier molecular flexibility index (Phi) is 12.5. The van der Waals surface area contributed by atoms with E-state index in [4.69, 9.17) is 0 Å². The predicted molar refractivity (Wildman–Crippen MR) is 46.8 cm³/mol. The van der Waals surface area contributed by atoms with Gasteiger partial charge in [-0.2, -0.15) is 0 Å². The Labute approximate surface area is 103 Å². The summed E-state index contributed by atoms with van der Waals surface area (Å²) < 4.78 is 0. The molecule has 0 saturated heterocycles. The van der Waals surface area contributed by atoms with Crippen molar-refractivity contribution in [1.29, 1.82) is 0 Å². The number of hydrogen-bond donors (Lipinski definition) is 0. The van der Waals surface area contributed by atoms with Crippen molar-refractivity contribution >= 4 is 6.09 Å². The summed E-state index contributed by atoms with van der Waals surface area (Å²) in [6.45, 7) is 5.35. The number of amides is 1. The zero-order valence-corrected chi connectivity index (χ0v) is 11.0. The van der Waals surface area contributed by atoms with Gasteiger partial charge in [-0.1, -0.05) is 26.7 Å². The van der Waals surface area contributed by atoms with Crippen molar-refractivity contribution in [1.82, 2.24) is 4.90 Å². The van der Waals surface area contributed by atoms with Gasteiger partial charge in [0.05, 0.1) is 0 Å². The van der Waals surface area contributed by atoms with E-state index in [2.05, 4.69) is 0 Å². The molecule has 0 saturated carbocycles. The van der Waals surface area contributed by atoms with E-state index >= 15 is 0 Å². The molecule has 0 aromatic heterocycles. The Morgan fingerprint density at radius 3 is 1.77 bits per heavy atom. The van der Waals surface area contributed by atoms with Crippen molar-refractivity contribution < 1.29 is 39.5 Å². The maximum Gasteiger partial charge on any atom is 1.00 e. The van der Waals surface area contributed by atoms with Crippen LogP contribution in [0.2, 0.25) is 0 Å². The number of nitrogens with zero attached hydrogens (tertiary/aromatic N) is 1. The van der Waals surface area contributed by atoms with Gasteiger partial charge in [0.15, 0.2) is 0 Å². The molecule has 0 radical (unpaired) electrons. The van der Waals surface area contributed by atoms with Gasteiger partial charge in [0.25, 0.3) is 0 Å². The Bertz CT molecular complexity index is 123. The monoisotopic (exact) mass is 195 g/mol. The van der Waals surface area contributed by atoms with Gasteiger partial charge in [-0.05, 0) is 12.8 Å². The molecule has 0 aromatic rings. The molecule has 13 heavy (non-hydrogen) atoms. The van der Waals surface area contributed by atoms with Gasteiger partial charge in [0.1, 0.15) is 6.09 Å². The van der Waals surface area contributed by atoms with Crippen LogP contribution in [0.25, 0.3) is 0 Å². The van der Waals surface area contributed by atoms with Crippen LogP contribution in [0, 0.1) is 0 Å². The van der Waals surface area contributed by atoms with Crippen LogP contribution >= 0.6 is 0 Å². The fraction of sp³-hybridized carbons (Fsp3) is 0.889. The standard InChI is InChI=1S/C9H19NO2.Na/c1-3-5-7-10(9(11)12)8-6-4-2;/h3-8H2,1-2H3,(H,11,12);/q;+1/p-1. The van der Waals surface area contributed by atoms with Crippen molar-refractivity contribution in [2.45, 2.75) is 39.5 Å². The Morgan fingerprint density at radius 2 is 1.54 bits per heavy atom. The van der Waals surface area contributed by atoms with Crippen LogP contribution in [-0.4, -0.2) is 24.1 Å². The summed E-state index contributed by atoms with van der Waals surface area (Å²) in [7, 11) is 0. The van der Waals surface area contributed by atoms with Crippen LogP contribution in [0.15, 0.2) is 0 Å². The molecule has 0 aliphatic rings. The minimum atomic E-state index is -1.03. The molecular formula is C9H18NNaO2. The maximum absolute atomic E-state index is 10.5. The summed E-state index contributed by atoms with van der Waals surface area (Å²) in [5, 5.41) is 10.5. The van der Waals surface area contributed by atoms with Gasteiger partial charge in [0.2, 0.25) is 0 Å². The molecule has 0 heterocycles. The number of carbonyl (C=O) groups is 1. The quantitative estimate of drug-likeness (QED) is 0.471. The van der Waals surface area contributed by atoms with Crippen molar-refractivity contribution in [3.8, 4) is 0 Å². The molecule has 0 bridgehead atoms. The average molecular weight is 195 g/mol. The van der Waals surface area contributed by atoms with Gasteiger partial charge in [-0.3, -0.25) is 0 Å². The molecule has 0 spiro atoms. The van der Waals surface area contributed by atoms with E-state index in [1.807, 2.05) is 13.8 Å². The summed E-state index contributed by atoms with van der Waals surface area (Å²) in [5.41, 5.74) is 0.